The first-order valence-corrected chi connectivity index (χ1v) is 8.45. The fourth-order valence-corrected chi connectivity index (χ4v) is 2.69. The molecule has 0 aliphatic rings. The van der Waals surface area contributed by atoms with E-state index in [9.17, 15) is 0 Å². The standard InChI is InChI=1S/C17H33N5.HI/c1-7-8-9-10-13(2)20-17(18-5)19-12-11-16-14(3)21-22(6)15(16)4;/h13H,7-12H2,1-6H3,(H2,18,19,20);1H. The molecule has 0 fully saturated rings. The van der Waals surface area contributed by atoms with Crippen LogP contribution in [0.4, 0.5) is 0 Å². The van der Waals surface area contributed by atoms with E-state index in [1.54, 1.807) is 0 Å². The van der Waals surface area contributed by atoms with Crippen LogP contribution in [0.1, 0.15) is 56.5 Å². The molecule has 1 unspecified atom stereocenters. The summed E-state index contributed by atoms with van der Waals surface area (Å²) in [5, 5.41) is 11.3. The Hall–Kier alpha value is -0.790. The second-order valence-corrected chi connectivity index (χ2v) is 6.06. The van der Waals surface area contributed by atoms with Crippen molar-refractivity contribution in [2.45, 2.75) is 65.8 Å². The number of aromatic nitrogens is 2. The minimum Gasteiger partial charge on any atom is -0.356 e. The lowest BCUT2D eigenvalue weighted by atomic mass is 10.1. The molecule has 0 bridgehead atoms. The van der Waals surface area contributed by atoms with Gasteiger partial charge in [-0.2, -0.15) is 5.10 Å². The molecule has 0 aliphatic carbocycles. The number of hydrogen-bond donors (Lipinski definition) is 2. The number of halogens is 1. The summed E-state index contributed by atoms with van der Waals surface area (Å²) in [6, 6.07) is 0.458. The van der Waals surface area contributed by atoms with Crippen LogP contribution >= 0.6 is 24.0 Å². The maximum Gasteiger partial charge on any atom is 0.191 e. The summed E-state index contributed by atoms with van der Waals surface area (Å²) in [7, 11) is 3.83. The normalized spacial score (nSPS) is 12.7. The zero-order chi connectivity index (χ0) is 16.5. The van der Waals surface area contributed by atoms with Gasteiger partial charge in [0.05, 0.1) is 5.69 Å². The van der Waals surface area contributed by atoms with E-state index in [-0.39, 0.29) is 24.0 Å². The second-order valence-electron chi connectivity index (χ2n) is 6.06. The molecule has 23 heavy (non-hydrogen) atoms. The van der Waals surface area contributed by atoms with Gasteiger partial charge >= 0.3 is 0 Å². The molecule has 1 rings (SSSR count). The van der Waals surface area contributed by atoms with Crippen molar-refractivity contribution < 1.29 is 0 Å². The zero-order valence-electron chi connectivity index (χ0n) is 15.6. The van der Waals surface area contributed by atoms with Crippen molar-refractivity contribution in [1.82, 2.24) is 20.4 Å². The predicted octanol–water partition coefficient (Wildman–Crippen LogP) is 3.33. The van der Waals surface area contributed by atoms with Crippen molar-refractivity contribution in [3.63, 3.8) is 0 Å². The smallest absolute Gasteiger partial charge is 0.191 e. The van der Waals surface area contributed by atoms with Crippen molar-refractivity contribution in [3.8, 4) is 0 Å². The largest absolute Gasteiger partial charge is 0.356 e. The number of nitrogens with one attached hydrogen (secondary N) is 2. The monoisotopic (exact) mass is 435 g/mol. The molecule has 0 spiro atoms. The second kappa shape index (κ2) is 11.7. The highest BCUT2D eigenvalue weighted by Gasteiger charge is 2.09. The summed E-state index contributed by atoms with van der Waals surface area (Å²) >= 11 is 0. The predicted molar refractivity (Wildman–Crippen MR) is 110 cm³/mol. The number of rotatable bonds is 8. The van der Waals surface area contributed by atoms with Crippen LogP contribution in [0.25, 0.3) is 0 Å². The molecule has 2 N–H and O–H groups in total. The molecule has 1 aromatic rings. The first kappa shape index (κ1) is 22.2. The van der Waals surface area contributed by atoms with Crippen LogP contribution in [0.3, 0.4) is 0 Å². The molecule has 0 aliphatic heterocycles. The fourth-order valence-electron chi connectivity index (χ4n) is 2.69. The fraction of sp³-hybridized carbons (Fsp3) is 0.765. The van der Waals surface area contributed by atoms with Crippen molar-refractivity contribution in [3.05, 3.63) is 17.0 Å². The van der Waals surface area contributed by atoms with Gasteiger partial charge in [0.2, 0.25) is 0 Å². The molecular weight excluding hydrogens is 401 g/mol. The van der Waals surface area contributed by atoms with E-state index in [0.29, 0.717) is 6.04 Å². The van der Waals surface area contributed by atoms with Gasteiger partial charge in [0.25, 0.3) is 0 Å². The minimum atomic E-state index is 0. The third-order valence-electron chi connectivity index (χ3n) is 4.17. The Morgan fingerprint density at radius 1 is 1.30 bits per heavy atom. The van der Waals surface area contributed by atoms with Gasteiger partial charge in [-0.15, -0.1) is 24.0 Å². The van der Waals surface area contributed by atoms with Crippen LogP contribution in [0.5, 0.6) is 0 Å². The average Bonchev–Trinajstić information content (AvgIpc) is 2.72. The summed E-state index contributed by atoms with van der Waals surface area (Å²) in [5.74, 6) is 0.892. The van der Waals surface area contributed by atoms with Crippen LogP contribution in [0, 0.1) is 13.8 Å². The third-order valence-corrected chi connectivity index (χ3v) is 4.17. The Morgan fingerprint density at radius 3 is 2.52 bits per heavy atom. The minimum absolute atomic E-state index is 0. The molecule has 0 aromatic carbocycles. The van der Waals surface area contributed by atoms with Gasteiger partial charge in [0.15, 0.2) is 5.96 Å². The quantitative estimate of drug-likeness (QED) is 0.285. The molecule has 0 radical (unpaired) electrons. The SMILES string of the molecule is CCCCCC(C)NC(=NC)NCCc1c(C)nn(C)c1C.I. The Labute approximate surface area is 158 Å². The lowest BCUT2D eigenvalue weighted by Crippen LogP contribution is -2.42. The highest BCUT2D eigenvalue weighted by Crippen LogP contribution is 2.11. The first-order chi connectivity index (χ1) is 10.5. The van der Waals surface area contributed by atoms with Gasteiger partial charge < -0.3 is 10.6 Å². The topological polar surface area (TPSA) is 54.2 Å². The maximum absolute atomic E-state index is 4.46. The van der Waals surface area contributed by atoms with E-state index in [2.05, 4.69) is 48.4 Å². The van der Waals surface area contributed by atoms with Gasteiger partial charge in [-0.3, -0.25) is 9.67 Å². The summed E-state index contributed by atoms with van der Waals surface area (Å²) in [5.41, 5.74) is 3.70. The third kappa shape index (κ3) is 7.54. The highest BCUT2D eigenvalue weighted by atomic mass is 127. The Bertz CT molecular complexity index is 482. The van der Waals surface area contributed by atoms with Crippen molar-refractivity contribution in [1.29, 1.82) is 0 Å². The van der Waals surface area contributed by atoms with E-state index in [1.165, 1.54) is 36.9 Å². The number of unbranched alkanes of at least 4 members (excludes halogenated alkanes) is 2. The molecule has 1 heterocycles. The Kier molecular flexibility index (Phi) is 11.3. The molecule has 0 saturated carbocycles. The molecule has 6 heteroatoms. The van der Waals surface area contributed by atoms with Crippen LogP contribution in [-0.2, 0) is 13.5 Å². The molecule has 5 nitrogen and oxygen atoms in total. The lowest BCUT2D eigenvalue weighted by molar-refractivity contribution is 0.547. The van der Waals surface area contributed by atoms with Gasteiger partial charge in [-0.1, -0.05) is 26.2 Å². The Morgan fingerprint density at radius 2 is 2.00 bits per heavy atom. The first-order valence-electron chi connectivity index (χ1n) is 8.45. The van der Waals surface area contributed by atoms with E-state index in [0.717, 1.165) is 24.6 Å². The van der Waals surface area contributed by atoms with E-state index >= 15 is 0 Å². The molecule has 1 aromatic heterocycles. The summed E-state index contributed by atoms with van der Waals surface area (Å²) in [6.45, 7) is 9.52. The van der Waals surface area contributed by atoms with Crippen LogP contribution in [-0.4, -0.2) is 35.4 Å². The summed E-state index contributed by atoms with van der Waals surface area (Å²) in [6.07, 6.45) is 6.00. The van der Waals surface area contributed by atoms with Crippen molar-refractivity contribution >= 4 is 29.9 Å². The molecular formula is C17H34IN5. The van der Waals surface area contributed by atoms with Gasteiger partial charge in [-0.05, 0) is 39.2 Å². The Balaban J connectivity index is 0.00000484. The van der Waals surface area contributed by atoms with Gasteiger partial charge in [-0.25, -0.2) is 0 Å². The molecule has 0 amide bonds. The van der Waals surface area contributed by atoms with Crippen LogP contribution in [0.15, 0.2) is 4.99 Å². The van der Waals surface area contributed by atoms with Crippen LogP contribution < -0.4 is 10.6 Å². The zero-order valence-corrected chi connectivity index (χ0v) is 17.9. The maximum atomic E-state index is 4.46. The van der Waals surface area contributed by atoms with Crippen molar-refractivity contribution in [2.75, 3.05) is 13.6 Å². The number of aliphatic imine (C=N–C) groups is 1. The summed E-state index contributed by atoms with van der Waals surface area (Å²) < 4.78 is 1.95. The van der Waals surface area contributed by atoms with Crippen LogP contribution in [0.2, 0.25) is 0 Å². The van der Waals surface area contributed by atoms with Gasteiger partial charge in [0, 0.05) is 32.4 Å². The average molecular weight is 435 g/mol. The molecule has 0 saturated heterocycles. The van der Waals surface area contributed by atoms with E-state index in [4.69, 9.17) is 0 Å². The highest BCUT2D eigenvalue weighted by molar-refractivity contribution is 14.0. The number of guanidine groups is 1. The number of hydrogen-bond acceptors (Lipinski definition) is 2. The number of nitrogens with zero attached hydrogens (tertiary/aromatic N) is 3. The van der Waals surface area contributed by atoms with E-state index < -0.39 is 0 Å². The molecule has 1 atom stereocenters. The number of aryl methyl sites for hydroxylation is 2. The molecule has 134 valence electrons. The van der Waals surface area contributed by atoms with Crippen molar-refractivity contribution in [2.24, 2.45) is 12.0 Å². The summed E-state index contributed by atoms with van der Waals surface area (Å²) in [4.78, 5) is 4.31. The lowest BCUT2D eigenvalue weighted by Gasteiger charge is -2.18. The van der Waals surface area contributed by atoms with E-state index in [1.807, 2.05) is 18.8 Å². The van der Waals surface area contributed by atoms with Gasteiger partial charge in [0.1, 0.15) is 0 Å².